The van der Waals surface area contributed by atoms with E-state index in [1.165, 1.54) is 6.20 Å². The lowest BCUT2D eigenvalue weighted by molar-refractivity contribution is -0.567. The van der Waals surface area contributed by atoms with Crippen LogP contribution in [0.5, 0.6) is 0 Å². The van der Waals surface area contributed by atoms with E-state index >= 15 is 0 Å². The second-order valence-corrected chi connectivity index (χ2v) is 5.10. The van der Waals surface area contributed by atoms with E-state index in [4.69, 9.17) is 4.65 Å². The van der Waals surface area contributed by atoms with Crippen LogP contribution < -0.4 is 4.48 Å². The Balaban J connectivity index is 2.01. The third kappa shape index (κ3) is 1.96. The average molecular weight is 296 g/mol. The van der Waals surface area contributed by atoms with E-state index in [-0.39, 0.29) is 11.7 Å². The molecule has 0 unspecified atom stereocenters. The van der Waals surface area contributed by atoms with Crippen LogP contribution in [0.15, 0.2) is 71.9 Å². The molecule has 1 aromatic heterocycles. The van der Waals surface area contributed by atoms with Gasteiger partial charge in [0.25, 0.3) is 11.7 Å². The highest BCUT2D eigenvalue weighted by molar-refractivity contribution is 6.53. The Morgan fingerprint density at radius 2 is 1.64 bits per heavy atom. The minimum absolute atomic E-state index is 0.0537. The predicted molar refractivity (Wildman–Crippen MR) is 81.2 cm³/mol. The fourth-order valence-corrected chi connectivity index (χ4v) is 2.60. The molecule has 0 saturated carbocycles. The average Bonchev–Trinajstić information content (AvgIpc) is 2.55. The number of aliphatic imine (C=N–C) groups is 1. The Hall–Kier alpha value is -2.76. The normalized spacial score (nSPS) is 15.8. The zero-order chi connectivity index (χ0) is 15.2. The zero-order valence-electron chi connectivity index (χ0n) is 11.5. The SMILES string of the molecule is F[B-]1(F)OC(c2ccccc2)=Nc2c3ccccc3cc[n+]21. The summed E-state index contributed by atoms with van der Waals surface area (Å²) in [6.07, 6.45) is 1.32. The number of nitrogens with zero attached hydrogens (tertiary/aromatic N) is 2. The van der Waals surface area contributed by atoms with Crippen molar-refractivity contribution >= 4 is 29.5 Å². The summed E-state index contributed by atoms with van der Waals surface area (Å²) in [5, 5.41) is 1.53. The monoisotopic (exact) mass is 296 g/mol. The number of benzene rings is 2. The van der Waals surface area contributed by atoms with Crippen molar-refractivity contribution in [2.75, 3.05) is 0 Å². The molecule has 4 rings (SSSR count). The molecule has 0 spiro atoms. The van der Waals surface area contributed by atoms with Crippen molar-refractivity contribution < 1.29 is 17.8 Å². The van der Waals surface area contributed by atoms with Gasteiger partial charge in [-0.2, -0.15) is 0 Å². The maximum absolute atomic E-state index is 14.4. The van der Waals surface area contributed by atoms with Gasteiger partial charge in [0.2, 0.25) is 0 Å². The van der Waals surface area contributed by atoms with Crippen LogP contribution in [0.3, 0.4) is 0 Å². The molecular formula is C16H11BF2N2O. The largest absolute Gasteiger partial charge is 0.736 e. The van der Waals surface area contributed by atoms with Crippen LogP contribution in [0, 0.1) is 0 Å². The van der Waals surface area contributed by atoms with Crippen LogP contribution in [-0.2, 0) is 4.65 Å². The van der Waals surface area contributed by atoms with Crippen LogP contribution in [-0.4, -0.2) is 12.9 Å². The number of hydrogen-bond donors (Lipinski definition) is 0. The topological polar surface area (TPSA) is 25.5 Å². The van der Waals surface area contributed by atoms with Gasteiger partial charge < -0.3 is 17.8 Å². The Labute approximate surface area is 125 Å². The van der Waals surface area contributed by atoms with E-state index < -0.39 is 7.04 Å². The number of aromatic nitrogens is 1. The molecule has 0 amide bonds. The van der Waals surface area contributed by atoms with Gasteiger partial charge >= 0.3 is 7.04 Å². The van der Waals surface area contributed by atoms with Crippen molar-refractivity contribution in [3.05, 3.63) is 72.4 Å². The molecular weight excluding hydrogens is 285 g/mol. The first-order valence-corrected chi connectivity index (χ1v) is 6.92. The number of pyridine rings is 1. The lowest BCUT2D eigenvalue weighted by Gasteiger charge is -2.27. The molecule has 0 saturated heterocycles. The standard InChI is InChI=1S/C16H11BF2N2O/c18-17(19)21-11-10-12-6-4-5-9-14(12)15(21)20-16(22-17)13-7-2-1-3-8-13/h1-11H. The van der Waals surface area contributed by atoms with E-state index in [2.05, 4.69) is 4.99 Å². The molecule has 6 heteroatoms. The van der Waals surface area contributed by atoms with E-state index in [1.807, 2.05) is 24.3 Å². The second kappa shape index (κ2) is 4.63. The summed E-state index contributed by atoms with van der Waals surface area (Å²) in [7, 11) is -4.20. The molecule has 0 fully saturated rings. The number of fused-ring (bicyclic) bond motifs is 3. The molecule has 0 atom stereocenters. The van der Waals surface area contributed by atoms with Gasteiger partial charge in [-0.15, -0.1) is 0 Å². The third-order valence-electron chi connectivity index (χ3n) is 3.67. The van der Waals surface area contributed by atoms with Gasteiger partial charge in [-0.1, -0.05) is 36.4 Å². The van der Waals surface area contributed by atoms with Gasteiger partial charge in [-0.25, -0.2) is 0 Å². The molecule has 2 heterocycles. The summed E-state index contributed by atoms with van der Waals surface area (Å²) < 4.78 is 34.5. The molecule has 0 radical (unpaired) electrons. The first-order valence-electron chi connectivity index (χ1n) is 6.92. The Morgan fingerprint density at radius 3 is 2.45 bits per heavy atom. The van der Waals surface area contributed by atoms with Gasteiger partial charge in [0.1, 0.15) is 0 Å². The molecule has 0 aliphatic carbocycles. The summed E-state index contributed by atoms with van der Waals surface area (Å²) in [6.45, 7) is 0. The Morgan fingerprint density at radius 1 is 0.909 bits per heavy atom. The van der Waals surface area contributed by atoms with Crippen LogP contribution in [0.25, 0.3) is 10.8 Å². The molecule has 0 N–H and O–H groups in total. The maximum Gasteiger partial charge on any atom is 0.736 e. The first-order chi connectivity index (χ1) is 10.6. The minimum Gasteiger partial charge on any atom is -0.590 e. The lowest BCUT2D eigenvalue weighted by atomic mass is 10.0. The van der Waals surface area contributed by atoms with E-state index in [0.717, 1.165) is 9.86 Å². The molecule has 1 aliphatic heterocycles. The quantitative estimate of drug-likeness (QED) is 0.631. The summed E-state index contributed by atoms with van der Waals surface area (Å²) in [5.74, 6) is 0.162. The van der Waals surface area contributed by atoms with Gasteiger partial charge in [-0.05, 0) is 34.6 Å². The van der Waals surface area contributed by atoms with E-state index in [1.54, 1.807) is 36.4 Å². The van der Waals surface area contributed by atoms with Crippen molar-refractivity contribution in [1.29, 1.82) is 0 Å². The smallest absolute Gasteiger partial charge is 0.590 e. The highest BCUT2D eigenvalue weighted by Crippen LogP contribution is 2.28. The van der Waals surface area contributed by atoms with Crippen LogP contribution in [0.4, 0.5) is 14.4 Å². The van der Waals surface area contributed by atoms with Gasteiger partial charge in [0.15, 0.2) is 0 Å². The predicted octanol–water partition coefficient (Wildman–Crippen LogP) is 3.46. The summed E-state index contributed by atoms with van der Waals surface area (Å²) >= 11 is 0. The molecule has 3 nitrogen and oxygen atoms in total. The number of rotatable bonds is 1. The zero-order valence-corrected chi connectivity index (χ0v) is 11.5. The highest BCUT2D eigenvalue weighted by atomic mass is 19.3. The van der Waals surface area contributed by atoms with Crippen LogP contribution in [0.1, 0.15) is 5.56 Å². The summed E-state index contributed by atoms with van der Waals surface area (Å²) in [6, 6.07) is 17.7. The number of halogens is 2. The fourth-order valence-electron chi connectivity index (χ4n) is 2.60. The van der Waals surface area contributed by atoms with Crippen LogP contribution in [0.2, 0.25) is 0 Å². The molecule has 108 valence electrons. The highest BCUT2D eigenvalue weighted by Gasteiger charge is 2.46. The molecule has 1 aliphatic rings. The molecule has 22 heavy (non-hydrogen) atoms. The Bertz CT molecular complexity index is 897. The Kier molecular flexibility index (Phi) is 2.72. The van der Waals surface area contributed by atoms with E-state index in [9.17, 15) is 8.63 Å². The van der Waals surface area contributed by atoms with Crippen molar-refractivity contribution in [3.63, 3.8) is 0 Å². The lowest BCUT2D eigenvalue weighted by Crippen LogP contribution is -2.63. The molecule has 2 aromatic carbocycles. The maximum atomic E-state index is 14.4. The minimum atomic E-state index is -4.20. The summed E-state index contributed by atoms with van der Waals surface area (Å²) in [4.78, 5) is 4.33. The fraction of sp³-hybridized carbons (Fsp3) is 0. The van der Waals surface area contributed by atoms with Gasteiger partial charge in [0, 0.05) is 0 Å². The van der Waals surface area contributed by atoms with Crippen molar-refractivity contribution in [2.45, 2.75) is 0 Å². The second-order valence-electron chi connectivity index (χ2n) is 5.10. The van der Waals surface area contributed by atoms with Crippen molar-refractivity contribution in [3.8, 4) is 0 Å². The van der Waals surface area contributed by atoms with Gasteiger partial charge in [-0.3, -0.25) is 0 Å². The van der Waals surface area contributed by atoms with Crippen molar-refractivity contribution in [1.82, 2.24) is 0 Å². The molecule has 3 aromatic rings. The van der Waals surface area contributed by atoms with Crippen LogP contribution >= 0.6 is 0 Å². The molecule has 0 bridgehead atoms. The summed E-state index contributed by atoms with van der Waals surface area (Å²) in [5.41, 5.74) is 0.531. The van der Waals surface area contributed by atoms with E-state index in [0.29, 0.717) is 10.9 Å². The first kappa shape index (κ1) is 12.9. The third-order valence-corrected chi connectivity index (χ3v) is 3.67. The van der Waals surface area contributed by atoms with Crippen molar-refractivity contribution in [2.24, 2.45) is 4.99 Å². The van der Waals surface area contributed by atoms with Gasteiger partial charge in [0.05, 0.1) is 17.1 Å². The number of hydrogen-bond acceptors (Lipinski definition) is 2.